The molecular formula is C21H23N5O2. The number of benzene rings is 1. The number of amides is 2. The summed E-state index contributed by atoms with van der Waals surface area (Å²) in [6.07, 6.45) is 3.53. The summed E-state index contributed by atoms with van der Waals surface area (Å²) < 4.78 is 1.79. The molecule has 1 N–H and O–H groups in total. The fourth-order valence-corrected chi connectivity index (χ4v) is 3.64. The first-order valence-electron chi connectivity index (χ1n) is 9.50. The van der Waals surface area contributed by atoms with E-state index in [0.29, 0.717) is 17.7 Å². The maximum Gasteiger partial charge on any atom is 0.261 e. The third kappa shape index (κ3) is 3.29. The average Bonchev–Trinajstić information content (AvgIpc) is 3.12. The molecule has 2 aromatic heterocycles. The number of nitrogens with zero attached hydrogens (tertiary/aromatic N) is 4. The molecule has 1 aliphatic heterocycles. The first-order valence-corrected chi connectivity index (χ1v) is 9.50. The molecule has 3 aromatic rings. The third-order valence-corrected chi connectivity index (χ3v) is 5.11. The van der Waals surface area contributed by atoms with Crippen molar-refractivity contribution in [3.63, 3.8) is 0 Å². The van der Waals surface area contributed by atoms with Gasteiger partial charge >= 0.3 is 0 Å². The largest absolute Gasteiger partial charge is 0.313 e. The van der Waals surface area contributed by atoms with Crippen LogP contribution in [0.25, 0.3) is 11.0 Å². The Labute approximate surface area is 163 Å². The molecular weight excluding hydrogens is 354 g/mol. The van der Waals surface area contributed by atoms with Crippen molar-refractivity contribution in [1.82, 2.24) is 25.0 Å². The monoisotopic (exact) mass is 377 g/mol. The van der Waals surface area contributed by atoms with Crippen LogP contribution >= 0.6 is 0 Å². The van der Waals surface area contributed by atoms with Gasteiger partial charge in [-0.25, -0.2) is 4.98 Å². The Kier molecular flexibility index (Phi) is 4.92. The van der Waals surface area contributed by atoms with E-state index in [0.717, 1.165) is 48.2 Å². The highest BCUT2D eigenvalue weighted by Crippen LogP contribution is 2.22. The van der Waals surface area contributed by atoms with Gasteiger partial charge < -0.3 is 5.32 Å². The van der Waals surface area contributed by atoms with Crippen LogP contribution < -0.4 is 5.32 Å². The lowest BCUT2D eigenvalue weighted by Gasteiger charge is -2.13. The van der Waals surface area contributed by atoms with Gasteiger partial charge in [0.2, 0.25) is 0 Å². The molecule has 0 spiro atoms. The van der Waals surface area contributed by atoms with Crippen molar-refractivity contribution in [2.24, 2.45) is 7.05 Å². The second-order valence-electron chi connectivity index (χ2n) is 7.12. The van der Waals surface area contributed by atoms with Gasteiger partial charge in [0.1, 0.15) is 0 Å². The van der Waals surface area contributed by atoms with Gasteiger partial charge in [-0.1, -0.05) is 12.1 Å². The van der Waals surface area contributed by atoms with Crippen LogP contribution in [-0.4, -0.2) is 44.6 Å². The predicted octanol–water partition coefficient (Wildman–Crippen LogP) is 2.44. The molecule has 144 valence electrons. The number of unbranched alkanes of at least 4 members (excludes halogenated alkanes) is 1. The molecule has 0 saturated heterocycles. The van der Waals surface area contributed by atoms with Gasteiger partial charge in [-0.15, -0.1) is 0 Å². The predicted molar refractivity (Wildman–Crippen MR) is 106 cm³/mol. The second kappa shape index (κ2) is 7.52. The first kappa shape index (κ1) is 18.3. The number of hydrogen-bond donors (Lipinski definition) is 1. The molecule has 2 amide bonds. The van der Waals surface area contributed by atoms with E-state index in [1.54, 1.807) is 28.9 Å². The first-order chi connectivity index (χ1) is 13.6. The van der Waals surface area contributed by atoms with Crippen molar-refractivity contribution < 1.29 is 9.59 Å². The number of aryl methyl sites for hydroxylation is 2. The maximum atomic E-state index is 12.3. The Bertz CT molecular complexity index is 1020. The van der Waals surface area contributed by atoms with Gasteiger partial charge in [-0.2, -0.15) is 5.10 Å². The average molecular weight is 377 g/mol. The zero-order valence-electron chi connectivity index (χ0n) is 16.1. The molecule has 0 saturated carbocycles. The normalized spacial score (nSPS) is 13.6. The maximum absolute atomic E-state index is 12.3. The third-order valence-electron chi connectivity index (χ3n) is 5.11. The molecule has 0 bridgehead atoms. The Morgan fingerprint density at radius 3 is 2.50 bits per heavy atom. The molecule has 0 fully saturated rings. The highest BCUT2D eigenvalue weighted by atomic mass is 16.2. The molecule has 0 atom stereocenters. The van der Waals surface area contributed by atoms with Crippen molar-refractivity contribution in [1.29, 1.82) is 0 Å². The smallest absolute Gasteiger partial charge is 0.261 e. The van der Waals surface area contributed by atoms with Crippen molar-refractivity contribution >= 4 is 22.8 Å². The topological polar surface area (TPSA) is 80.1 Å². The summed E-state index contributed by atoms with van der Waals surface area (Å²) >= 11 is 0. The van der Waals surface area contributed by atoms with Crippen molar-refractivity contribution in [3.8, 4) is 0 Å². The van der Waals surface area contributed by atoms with Crippen molar-refractivity contribution in [2.45, 2.75) is 26.3 Å². The number of aromatic nitrogens is 3. The molecule has 7 nitrogen and oxygen atoms in total. The second-order valence-corrected chi connectivity index (χ2v) is 7.12. The number of pyridine rings is 1. The van der Waals surface area contributed by atoms with E-state index >= 15 is 0 Å². The van der Waals surface area contributed by atoms with Gasteiger partial charge in [0.05, 0.1) is 16.8 Å². The number of rotatable bonds is 7. The summed E-state index contributed by atoms with van der Waals surface area (Å²) in [5.74, 6) is -0.362. The van der Waals surface area contributed by atoms with Crippen LogP contribution in [0.5, 0.6) is 0 Å². The lowest BCUT2D eigenvalue weighted by molar-refractivity contribution is 0.0651. The lowest BCUT2D eigenvalue weighted by atomic mass is 10.1. The number of hydrogen-bond acceptors (Lipinski definition) is 5. The van der Waals surface area contributed by atoms with Crippen LogP contribution in [0.3, 0.4) is 0 Å². The number of carbonyl (C=O) groups excluding carboxylic acids is 2. The standard InChI is InChI=1S/C21H23N5O2/c1-14-18-11-15(13-23-19(18)25(2)24-14)12-22-9-5-6-10-26-20(27)16-7-3-4-8-17(16)21(26)28/h3-4,7-8,11,13,22H,5-6,9-10,12H2,1-2H3. The Hall–Kier alpha value is -3.06. The quantitative estimate of drug-likeness (QED) is 0.505. The van der Waals surface area contributed by atoms with E-state index in [9.17, 15) is 9.59 Å². The lowest BCUT2D eigenvalue weighted by Crippen LogP contribution is -2.31. The minimum atomic E-state index is -0.181. The molecule has 1 aromatic carbocycles. The summed E-state index contributed by atoms with van der Waals surface area (Å²) in [5, 5.41) is 8.87. The van der Waals surface area contributed by atoms with Crippen molar-refractivity contribution in [3.05, 3.63) is 58.9 Å². The fraction of sp³-hybridized carbons (Fsp3) is 0.333. The summed E-state index contributed by atoms with van der Waals surface area (Å²) in [5.41, 5.74) is 4.01. The molecule has 0 aliphatic carbocycles. The molecule has 7 heteroatoms. The highest BCUT2D eigenvalue weighted by molar-refractivity contribution is 6.21. The number of imide groups is 1. The summed E-state index contributed by atoms with van der Waals surface area (Å²) in [6.45, 7) is 3.98. The van der Waals surface area contributed by atoms with Gasteiger partial charge in [-0.3, -0.25) is 19.2 Å². The minimum Gasteiger partial charge on any atom is -0.313 e. The van der Waals surface area contributed by atoms with Crippen LogP contribution in [0.1, 0.15) is 44.8 Å². The van der Waals surface area contributed by atoms with Crippen LogP contribution in [0.15, 0.2) is 36.5 Å². The van der Waals surface area contributed by atoms with Crippen LogP contribution in [-0.2, 0) is 13.6 Å². The van der Waals surface area contributed by atoms with E-state index in [1.807, 2.05) is 20.2 Å². The molecule has 4 rings (SSSR count). The molecule has 0 radical (unpaired) electrons. The van der Waals surface area contributed by atoms with Gasteiger partial charge in [0, 0.05) is 31.7 Å². The fourth-order valence-electron chi connectivity index (χ4n) is 3.64. The SMILES string of the molecule is Cc1nn(C)c2ncc(CNCCCCN3C(=O)c4ccccc4C3=O)cc12. The van der Waals surface area contributed by atoms with Gasteiger partial charge in [0.25, 0.3) is 11.8 Å². The van der Waals surface area contributed by atoms with Gasteiger partial charge in [0.15, 0.2) is 5.65 Å². The minimum absolute atomic E-state index is 0.181. The Morgan fingerprint density at radius 1 is 1.07 bits per heavy atom. The zero-order chi connectivity index (χ0) is 19.7. The molecule has 3 heterocycles. The van der Waals surface area contributed by atoms with E-state index < -0.39 is 0 Å². The molecule has 0 unspecified atom stereocenters. The summed E-state index contributed by atoms with van der Waals surface area (Å²) in [4.78, 5) is 30.5. The van der Waals surface area contributed by atoms with E-state index in [-0.39, 0.29) is 11.8 Å². The van der Waals surface area contributed by atoms with Gasteiger partial charge in [-0.05, 0) is 50.1 Å². The Balaban J connectivity index is 1.23. The number of fused-ring (bicyclic) bond motifs is 2. The summed E-state index contributed by atoms with van der Waals surface area (Å²) in [6, 6.07) is 9.13. The van der Waals surface area contributed by atoms with Crippen LogP contribution in [0.2, 0.25) is 0 Å². The molecule has 28 heavy (non-hydrogen) atoms. The van der Waals surface area contributed by atoms with Crippen LogP contribution in [0, 0.1) is 6.92 Å². The van der Waals surface area contributed by atoms with E-state index in [1.165, 1.54) is 4.90 Å². The van der Waals surface area contributed by atoms with E-state index in [2.05, 4.69) is 21.5 Å². The highest BCUT2D eigenvalue weighted by Gasteiger charge is 2.34. The Morgan fingerprint density at radius 2 is 1.79 bits per heavy atom. The zero-order valence-corrected chi connectivity index (χ0v) is 16.1. The number of nitrogens with one attached hydrogen (secondary N) is 1. The van der Waals surface area contributed by atoms with Crippen molar-refractivity contribution in [2.75, 3.05) is 13.1 Å². The van der Waals surface area contributed by atoms with Crippen LogP contribution in [0.4, 0.5) is 0 Å². The summed E-state index contributed by atoms with van der Waals surface area (Å²) in [7, 11) is 1.90. The molecule has 1 aliphatic rings. The van der Waals surface area contributed by atoms with E-state index in [4.69, 9.17) is 0 Å². The number of carbonyl (C=O) groups is 2.